The Bertz CT molecular complexity index is 217. The van der Waals surface area contributed by atoms with Crippen LogP contribution in [0.3, 0.4) is 0 Å². The summed E-state index contributed by atoms with van der Waals surface area (Å²) in [4.78, 5) is 0. The lowest BCUT2D eigenvalue weighted by atomic mass is 9.83. The molecule has 0 spiro atoms. The predicted molar refractivity (Wildman–Crippen MR) is 73.7 cm³/mol. The van der Waals surface area contributed by atoms with Gasteiger partial charge in [0.2, 0.25) is 0 Å². The molecule has 3 heteroatoms. The van der Waals surface area contributed by atoms with Gasteiger partial charge in [0.05, 0.1) is 13.2 Å². The van der Waals surface area contributed by atoms with Gasteiger partial charge in [-0.05, 0) is 37.0 Å². The fourth-order valence-electron chi connectivity index (χ4n) is 3.16. The summed E-state index contributed by atoms with van der Waals surface area (Å²) in [6, 6.07) is 0. The molecule has 1 heterocycles. The number of nitrogens with one attached hydrogen (secondary N) is 1. The molecule has 0 bridgehead atoms. The van der Waals surface area contributed by atoms with E-state index in [1.165, 1.54) is 32.1 Å². The van der Waals surface area contributed by atoms with E-state index in [0.717, 1.165) is 57.3 Å². The smallest absolute Gasteiger partial charge is 0.0591 e. The van der Waals surface area contributed by atoms with Crippen LogP contribution < -0.4 is 5.32 Å². The number of hydrogen-bond acceptors (Lipinski definition) is 3. The fourth-order valence-corrected chi connectivity index (χ4v) is 3.16. The van der Waals surface area contributed by atoms with Crippen LogP contribution >= 0.6 is 0 Å². The monoisotopic (exact) mass is 255 g/mol. The average molecular weight is 255 g/mol. The summed E-state index contributed by atoms with van der Waals surface area (Å²) in [6.07, 6.45) is 6.77. The second kappa shape index (κ2) is 8.13. The molecule has 0 aromatic heterocycles. The normalized spacial score (nSPS) is 32.8. The molecule has 3 unspecified atom stereocenters. The van der Waals surface area contributed by atoms with Crippen LogP contribution in [-0.2, 0) is 9.47 Å². The van der Waals surface area contributed by atoms with Gasteiger partial charge in [0.1, 0.15) is 0 Å². The maximum absolute atomic E-state index is 5.79. The van der Waals surface area contributed by atoms with Crippen molar-refractivity contribution in [3.05, 3.63) is 0 Å². The third-order valence-corrected chi connectivity index (χ3v) is 4.28. The van der Waals surface area contributed by atoms with Gasteiger partial charge in [0.15, 0.2) is 0 Å². The van der Waals surface area contributed by atoms with Gasteiger partial charge in [-0.1, -0.05) is 19.8 Å². The summed E-state index contributed by atoms with van der Waals surface area (Å²) in [6.45, 7) is 8.16. The van der Waals surface area contributed by atoms with Crippen molar-refractivity contribution in [3.8, 4) is 0 Å². The molecule has 18 heavy (non-hydrogen) atoms. The molecule has 0 aromatic rings. The molecule has 0 radical (unpaired) electrons. The first-order valence-electron chi connectivity index (χ1n) is 7.71. The largest absolute Gasteiger partial charge is 0.381 e. The van der Waals surface area contributed by atoms with Crippen molar-refractivity contribution in [2.75, 3.05) is 39.5 Å². The van der Waals surface area contributed by atoms with Crippen molar-refractivity contribution in [1.82, 2.24) is 5.32 Å². The van der Waals surface area contributed by atoms with Crippen molar-refractivity contribution in [2.45, 2.75) is 39.0 Å². The standard InChI is InChI=1S/C15H29NO2/c1-13-3-2-4-14(9-13)11-18-8-6-16-10-15-5-7-17-12-15/h13-16H,2-12H2,1H3. The highest BCUT2D eigenvalue weighted by Crippen LogP contribution is 2.28. The van der Waals surface area contributed by atoms with Gasteiger partial charge in [0.25, 0.3) is 0 Å². The van der Waals surface area contributed by atoms with E-state index in [-0.39, 0.29) is 0 Å². The lowest BCUT2D eigenvalue weighted by Crippen LogP contribution is -2.27. The first-order valence-corrected chi connectivity index (χ1v) is 7.71. The summed E-state index contributed by atoms with van der Waals surface area (Å²) < 4.78 is 11.1. The number of hydrogen-bond donors (Lipinski definition) is 1. The molecule has 0 aromatic carbocycles. The zero-order valence-electron chi connectivity index (χ0n) is 11.8. The Morgan fingerprint density at radius 2 is 2.17 bits per heavy atom. The Hall–Kier alpha value is -0.120. The Morgan fingerprint density at radius 3 is 2.94 bits per heavy atom. The highest BCUT2D eigenvalue weighted by atomic mass is 16.5. The molecular weight excluding hydrogens is 226 g/mol. The van der Waals surface area contributed by atoms with Gasteiger partial charge in [-0.3, -0.25) is 0 Å². The second-order valence-corrected chi connectivity index (χ2v) is 6.15. The average Bonchev–Trinajstić information content (AvgIpc) is 2.87. The van der Waals surface area contributed by atoms with Gasteiger partial charge in [-0.25, -0.2) is 0 Å². The zero-order valence-corrected chi connectivity index (χ0v) is 11.8. The Morgan fingerprint density at radius 1 is 1.22 bits per heavy atom. The van der Waals surface area contributed by atoms with E-state index in [9.17, 15) is 0 Å². The molecule has 1 saturated heterocycles. The summed E-state index contributed by atoms with van der Waals surface area (Å²) >= 11 is 0. The molecular formula is C15H29NO2. The molecule has 1 N–H and O–H groups in total. The lowest BCUT2D eigenvalue weighted by molar-refractivity contribution is 0.0775. The fraction of sp³-hybridized carbons (Fsp3) is 1.00. The Labute approximate surface area is 112 Å². The van der Waals surface area contributed by atoms with E-state index in [4.69, 9.17) is 9.47 Å². The highest BCUT2D eigenvalue weighted by Gasteiger charge is 2.18. The minimum Gasteiger partial charge on any atom is -0.381 e. The number of ether oxygens (including phenoxy) is 2. The summed E-state index contributed by atoms with van der Waals surface area (Å²) in [5.74, 6) is 2.45. The quantitative estimate of drug-likeness (QED) is 0.709. The van der Waals surface area contributed by atoms with Gasteiger partial charge >= 0.3 is 0 Å². The SMILES string of the molecule is CC1CCCC(COCCNCC2CCOC2)C1. The Kier molecular flexibility index (Phi) is 6.46. The lowest BCUT2D eigenvalue weighted by Gasteiger charge is -2.26. The second-order valence-electron chi connectivity index (χ2n) is 6.15. The van der Waals surface area contributed by atoms with Crippen molar-refractivity contribution in [3.63, 3.8) is 0 Å². The van der Waals surface area contributed by atoms with Crippen molar-refractivity contribution >= 4 is 0 Å². The zero-order chi connectivity index (χ0) is 12.6. The molecule has 106 valence electrons. The van der Waals surface area contributed by atoms with Gasteiger partial charge < -0.3 is 14.8 Å². The maximum atomic E-state index is 5.79. The van der Waals surface area contributed by atoms with E-state index in [0.29, 0.717) is 0 Å². The van der Waals surface area contributed by atoms with Crippen LogP contribution in [0.5, 0.6) is 0 Å². The first kappa shape index (κ1) is 14.3. The molecule has 2 aliphatic rings. The molecule has 1 saturated carbocycles. The third-order valence-electron chi connectivity index (χ3n) is 4.28. The Balaban J connectivity index is 1.41. The van der Waals surface area contributed by atoms with Crippen LogP contribution in [-0.4, -0.2) is 39.5 Å². The van der Waals surface area contributed by atoms with Crippen molar-refractivity contribution in [2.24, 2.45) is 17.8 Å². The van der Waals surface area contributed by atoms with Gasteiger partial charge in [-0.15, -0.1) is 0 Å². The van der Waals surface area contributed by atoms with Crippen LogP contribution in [0.2, 0.25) is 0 Å². The summed E-state index contributed by atoms with van der Waals surface area (Å²) in [7, 11) is 0. The van der Waals surface area contributed by atoms with Crippen molar-refractivity contribution < 1.29 is 9.47 Å². The third kappa shape index (κ3) is 5.25. The molecule has 0 amide bonds. The maximum Gasteiger partial charge on any atom is 0.0591 e. The van der Waals surface area contributed by atoms with Gasteiger partial charge in [0, 0.05) is 26.3 Å². The minimum absolute atomic E-state index is 0.726. The molecule has 1 aliphatic carbocycles. The topological polar surface area (TPSA) is 30.5 Å². The number of rotatable bonds is 7. The van der Waals surface area contributed by atoms with Crippen LogP contribution in [0, 0.1) is 17.8 Å². The van der Waals surface area contributed by atoms with Gasteiger partial charge in [-0.2, -0.15) is 0 Å². The van der Waals surface area contributed by atoms with E-state index in [2.05, 4.69) is 12.2 Å². The van der Waals surface area contributed by atoms with E-state index in [1.807, 2.05) is 0 Å². The predicted octanol–water partition coefficient (Wildman–Crippen LogP) is 2.46. The first-order chi connectivity index (χ1) is 8.84. The summed E-state index contributed by atoms with van der Waals surface area (Å²) in [5.41, 5.74) is 0. The van der Waals surface area contributed by atoms with E-state index < -0.39 is 0 Å². The molecule has 3 nitrogen and oxygen atoms in total. The van der Waals surface area contributed by atoms with E-state index >= 15 is 0 Å². The van der Waals surface area contributed by atoms with E-state index in [1.54, 1.807) is 0 Å². The van der Waals surface area contributed by atoms with Crippen LogP contribution in [0.1, 0.15) is 39.0 Å². The van der Waals surface area contributed by atoms with Crippen molar-refractivity contribution in [1.29, 1.82) is 0 Å². The van der Waals surface area contributed by atoms with Crippen LogP contribution in [0.25, 0.3) is 0 Å². The summed E-state index contributed by atoms with van der Waals surface area (Å²) in [5, 5.41) is 3.47. The van der Waals surface area contributed by atoms with Crippen LogP contribution in [0.4, 0.5) is 0 Å². The highest BCUT2D eigenvalue weighted by molar-refractivity contribution is 4.70. The molecule has 3 atom stereocenters. The molecule has 2 rings (SSSR count). The molecule has 2 fully saturated rings. The minimum atomic E-state index is 0.726. The molecule has 1 aliphatic heterocycles. The van der Waals surface area contributed by atoms with Crippen LogP contribution in [0.15, 0.2) is 0 Å².